The van der Waals surface area contributed by atoms with Crippen molar-refractivity contribution < 1.29 is 9.90 Å². The molecule has 1 amide bonds. The lowest BCUT2D eigenvalue weighted by Gasteiger charge is -2.60. The molecule has 4 aliphatic carbocycles. The average Bonchev–Trinajstić information content (AvgIpc) is 3.17. The summed E-state index contributed by atoms with van der Waals surface area (Å²) in [6.07, 6.45) is 8.64. The van der Waals surface area contributed by atoms with E-state index in [1.165, 1.54) is 6.42 Å². The van der Waals surface area contributed by atoms with E-state index < -0.39 is 5.60 Å². The van der Waals surface area contributed by atoms with Gasteiger partial charge in [-0.25, -0.2) is 0 Å². The van der Waals surface area contributed by atoms with E-state index in [2.05, 4.69) is 28.5 Å². The number of nitrogens with one attached hydrogen (secondary N) is 2. The van der Waals surface area contributed by atoms with Crippen LogP contribution in [-0.4, -0.2) is 28.1 Å². The minimum absolute atomic E-state index is 0.0242. The van der Waals surface area contributed by atoms with E-state index in [9.17, 15) is 9.90 Å². The second-order valence-corrected chi connectivity index (χ2v) is 11.4. The van der Waals surface area contributed by atoms with Crippen LogP contribution in [0.2, 0.25) is 5.02 Å². The predicted molar refractivity (Wildman–Crippen MR) is 131 cm³/mol. The van der Waals surface area contributed by atoms with Gasteiger partial charge in [0.15, 0.2) is 0 Å². The first-order chi connectivity index (χ1) is 15.9. The molecule has 4 nitrogen and oxygen atoms in total. The molecule has 3 unspecified atom stereocenters. The normalized spacial score (nSPS) is 31.1. The second kappa shape index (κ2) is 7.89. The number of hydrogen-bond acceptors (Lipinski definition) is 2. The number of H-pyrrole nitrogens is 1. The number of carbonyl (C=O) groups is 1. The van der Waals surface area contributed by atoms with Crippen LogP contribution < -0.4 is 5.32 Å². The Labute approximate surface area is 199 Å². The molecule has 4 saturated carbocycles. The topological polar surface area (TPSA) is 65.1 Å². The van der Waals surface area contributed by atoms with Gasteiger partial charge in [0.05, 0.1) is 5.60 Å². The van der Waals surface area contributed by atoms with Crippen molar-refractivity contribution in [3.05, 3.63) is 70.9 Å². The third kappa shape index (κ3) is 3.87. The summed E-state index contributed by atoms with van der Waals surface area (Å²) in [6, 6.07) is 16.2. The molecule has 1 aromatic heterocycles. The molecule has 2 aromatic carbocycles. The van der Waals surface area contributed by atoms with E-state index >= 15 is 0 Å². The van der Waals surface area contributed by atoms with Crippen molar-refractivity contribution in [1.29, 1.82) is 0 Å². The van der Waals surface area contributed by atoms with Crippen LogP contribution in [0.4, 0.5) is 0 Å². The molecular weight excluding hydrogens is 432 g/mol. The average molecular weight is 463 g/mol. The lowest BCUT2D eigenvalue weighted by Crippen LogP contribution is -2.56. The van der Waals surface area contributed by atoms with Crippen LogP contribution in [0.25, 0.3) is 10.9 Å². The SMILES string of the molecule is O=C(CC12CC3CC(CC(O)(C3)C1)C2)NCC(c1ccccc1Cl)c1c[nH]c2ccccc12. The van der Waals surface area contributed by atoms with E-state index in [1.54, 1.807) is 0 Å². The van der Waals surface area contributed by atoms with E-state index in [-0.39, 0.29) is 17.2 Å². The second-order valence-electron chi connectivity index (χ2n) is 11.0. The fraction of sp³-hybridized carbons (Fsp3) is 0.464. The maximum absolute atomic E-state index is 13.3. The first-order valence-electron chi connectivity index (χ1n) is 12.2. The lowest BCUT2D eigenvalue weighted by molar-refractivity contribution is -0.169. The Bertz CT molecular complexity index is 1190. The molecule has 0 saturated heterocycles. The highest BCUT2D eigenvalue weighted by molar-refractivity contribution is 6.31. The van der Waals surface area contributed by atoms with Crippen molar-refractivity contribution in [1.82, 2.24) is 10.3 Å². The first kappa shape index (κ1) is 21.2. The van der Waals surface area contributed by atoms with E-state index in [4.69, 9.17) is 11.6 Å². The minimum atomic E-state index is -0.533. The van der Waals surface area contributed by atoms with Crippen LogP contribution in [0.5, 0.6) is 0 Å². The number of carbonyl (C=O) groups excluding carboxylic acids is 1. The van der Waals surface area contributed by atoms with Gasteiger partial charge in [-0.1, -0.05) is 48.0 Å². The molecule has 3 aromatic rings. The smallest absolute Gasteiger partial charge is 0.220 e. The minimum Gasteiger partial charge on any atom is -0.390 e. The zero-order valence-electron chi connectivity index (χ0n) is 18.8. The molecule has 4 fully saturated rings. The maximum Gasteiger partial charge on any atom is 0.220 e. The molecule has 33 heavy (non-hydrogen) atoms. The Hall–Kier alpha value is -2.30. The molecule has 0 aliphatic heterocycles. The summed E-state index contributed by atoms with van der Waals surface area (Å²) < 4.78 is 0. The monoisotopic (exact) mass is 462 g/mol. The summed E-state index contributed by atoms with van der Waals surface area (Å²) in [7, 11) is 0. The summed E-state index contributed by atoms with van der Waals surface area (Å²) in [6.45, 7) is 0.498. The summed E-state index contributed by atoms with van der Waals surface area (Å²) in [5, 5.41) is 16.2. The van der Waals surface area contributed by atoms with Crippen LogP contribution in [-0.2, 0) is 4.79 Å². The van der Waals surface area contributed by atoms with Crippen LogP contribution >= 0.6 is 11.6 Å². The van der Waals surface area contributed by atoms with Gasteiger partial charge in [0, 0.05) is 41.0 Å². The quantitative estimate of drug-likeness (QED) is 0.434. The van der Waals surface area contributed by atoms with Crippen molar-refractivity contribution in [2.75, 3.05) is 6.54 Å². The molecule has 3 atom stereocenters. The molecular formula is C28H31ClN2O2. The number of halogens is 1. The molecule has 4 bridgehead atoms. The number of aliphatic hydroxyl groups is 1. The van der Waals surface area contributed by atoms with Crippen LogP contribution in [0.1, 0.15) is 62.0 Å². The fourth-order valence-electron chi connectivity index (χ4n) is 7.76. The molecule has 1 heterocycles. The first-order valence-corrected chi connectivity index (χ1v) is 12.6. The van der Waals surface area contributed by atoms with Gasteiger partial charge in [0.2, 0.25) is 5.91 Å². The van der Waals surface area contributed by atoms with Crippen LogP contribution in [0.15, 0.2) is 54.7 Å². The van der Waals surface area contributed by atoms with Crippen LogP contribution in [0.3, 0.4) is 0 Å². The fourth-order valence-corrected chi connectivity index (χ4v) is 8.02. The Kier molecular flexibility index (Phi) is 5.08. The number of fused-ring (bicyclic) bond motifs is 1. The van der Waals surface area contributed by atoms with Crippen molar-refractivity contribution in [2.45, 2.75) is 56.5 Å². The highest BCUT2D eigenvalue weighted by Crippen LogP contribution is 2.62. The van der Waals surface area contributed by atoms with Crippen LogP contribution in [0, 0.1) is 17.3 Å². The van der Waals surface area contributed by atoms with Gasteiger partial charge >= 0.3 is 0 Å². The molecule has 5 heteroatoms. The molecule has 7 rings (SSSR count). The Morgan fingerprint density at radius 2 is 1.79 bits per heavy atom. The lowest BCUT2D eigenvalue weighted by atomic mass is 9.47. The number of rotatable bonds is 6. The summed E-state index contributed by atoms with van der Waals surface area (Å²) in [5.41, 5.74) is 2.69. The van der Waals surface area contributed by atoms with E-state index in [1.807, 2.05) is 36.5 Å². The van der Waals surface area contributed by atoms with Gasteiger partial charge in [0.25, 0.3) is 0 Å². The van der Waals surface area contributed by atoms with Gasteiger partial charge in [0.1, 0.15) is 0 Å². The Morgan fingerprint density at radius 1 is 1.06 bits per heavy atom. The highest BCUT2D eigenvalue weighted by Gasteiger charge is 2.57. The van der Waals surface area contributed by atoms with Gasteiger partial charge < -0.3 is 15.4 Å². The Morgan fingerprint density at radius 3 is 2.55 bits per heavy atom. The summed E-state index contributed by atoms with van der Waals surface area (Å²) in [4.78, 5) is 16.6. The largest absolute Gasteiger partial charge is 0.390 e. The highest BCUT2D eigenvalue weighted by atomic mass is 35.5. The van der Waals surface area contributed by atoms with E-state index in [0.29, 0.717) is 29.8 Å². The standard InChI is InChI=1S/C28H31ClN2O2/c29-24-7-3-1-5-20(24)22(23-15-30-25-8-4-2-6-21(23)25)16-31-26(32)14-27-10-18-9-19(11-27)13-28(33,12-18)17-27/h1-8,15,18-19,22,30,33H,9-14,16-17H2,(H,31,32). The molecule has 0 radical (unpaired) electrons. The number of para-hydroxylation sites is 1. The Balaban J connectivity index is 1.23. The molecule has 0 spiro atoms. The number of hydrogen-bond donors (Lipinski definition) is 3. The van der Waals surface area contributed by atoms with Crippen molar-refractivity contribution in [3.8, 4) is 0 Å². The molecule has 172 valence electrons. The van der Waals surface area contributed by atoms with E-state index in [0.717, 1.165) is 54.1 Å². The third-order valence-electron chi connectivity index (χ3n) is 8.47. The van der Waals surface area contributed by atoms with Crippen molar-refractivity contribution in [2.24, 2.45) is 17.3 Å². The van der Waals surface area contributed by atoms with Gasteiger partial charge in [-0.05, 0) is 79.0 Å². The van der Waals surface area contributed by atoms with Crippen molar-refractivity contribution >= 4 is 28.4 Å². The van der Waals surface area contributed by atoms with Gasteiger partial charge in [-0.3, -0.25) is 4.79 Å². The summed E-state index contributed by atoms with van der Waals surface area (Å²) in [5.74, 6) is 1.23. The number of benzene rings is 2. The van der Waals surface area contributed by atoms with Crippen molar-refractivity contribution in [3.63, 3.8) is 0 Å². The van der Waals surface area contributed by atoms with Gasteiger partial charge in [-0.2, -0.15) is 0 Å². The maximum atomic E-state index is 13.3. The zero-order valence-corrected chi connectivity index (χ0v) is 19.6. The third-order valence-corrected chi connectivity index (χ3v) is 8.81. The number of aromatic amines is 1. The number of amides is 1. The summed E-state index contributed by atoms with van der Waals surface area (Å²) >= 11 is 6.61. The number of aromatic nitrogens is 1. The molecule has 4 aliphatic rings. The molecule has 3 N–H and O–H groups in total. The zero-order chi connectivity index (χ0) is 22.6. The predicted octanol–water partition coefficient (Wildman–Crippen LogP) is 5.79. The van der Waals surface area contributed by atoms with Gasteiger partial charge in [-0.15, -0.1) is 0 Å².